The molecule has 6 heteroatoms. The van der Waals surface area contributed by atoms with Gasteiger partial charge in [0.2, 0.25) is 0 Å². The number of hydrogen-bond donors (Lipinski definition) is 3. The normalized spacial score (nSPS) is 11.8. The third-order valence-corrected chi connectivity index (χ3v) is 0.553. The first-order valence-electron chi connectivity index (χ1n) is 0.948. The molecule has 0 saturated carbocycles. The molecule has 0 atom stereocenters. The fraction of sp³-hybridized carbons (Fsp3) is 0. The molecule has 6 heavy (non-hydrogen) atoms. The molecule has 0 bridgehead atoms. The topological polar surface area (TPSA) is 87.0 Å². The predicted octanol–water partition coefficient (Wildman–Crippen LogP) is -1.67. The molecule has 0 saturated heterocycles. The van der Waals surface area contributed by atoms with Crippen molar-refractivity contribution in [1.29, 1.82) is 0 Å². The quantitative estimate of drug-likeness (QED) is 0.241. The van der Waals surface area contributed by atoms with Crippen LogP contribution in [0.3, 0.4) is 0 Å². The van der Waals surface area contributed by atoms with E-state index in [0.717, 1.165) is 0 Å². The molecule has 0 aliphatic carbocycles. The molecule has 0 radical (unpaired) electrons. The van der Waals surface area contributed by atoms with Gasteiger partial charge in [0.1, 0.15) is 0 Å². The second kappa shape index (κ2) is 1.77. The van der Waals surface area contributed by atoms with Gasteiger partial charge >= 0.3 is 35.6 Å². The van der Waals surface area contributed by atoms with E-state index in [1.807, 2.05) is 0 Å². The summed E-state index contributed by atoms with van der Waals surface area (Å²) in [6.07, 6.45) is 0. The van der Waals surface area contributed by atoms with Crippen molar-refractivity contribution in [2.45, 2.75) is 0 Å². The summed E-state index contributed by atoms with van der Waals surface area (Å²) in [6, 6.07) is 0. The number of hydrogen-bond acceptors (Lipinski definition) is 3. The first-order valence-corrected chi connectivity index (χ1v) is 4.16. The van der Waals surface area contributed by atoms with Crippen LogP contribution in [0, 0.1) is 0 Å². The summed E-state index contributed by atoms with van der Waals surface area (Å²) < 4.78 is 27.0. The SMILES string of the molecule is O=[As](O)(O)OO. The predicted molar refractivity (Wildman–Crippen MR) is 14.6 cm³/mol. The fourth-order valence-electron chi connectivity index (χ4n) is 0. The molecule has 0 aromatic rings. The zero-order valence-corrected chi connectivity index (χ0v) is 4.48. The van der Waals surface area contributed by atoms with Gasteiger partial charge in [-0.3, -0.25) is 0 Å². The van der Waals surface area contributed by atoms with Crippen LogP contribution in [0.4, 0.5) is 0 Å². The maximum absolute atomic E-state index is 9.28. The van der Waals surface area contributed by atoms with Crippen molar-refractivity contribution < 1.29 is 21.1 Å². The second-order valence-corrected chi connectivity index (χ2v) is 2.97. The van der Waals surface area contributed by atoms with Gasteiger partial charge in [-0.1, -0.05) is 0 Å². The minimum absolute atomic E-state index is 2.66. The monoisotopic (exact) mass is 158 g/mol. The van der Waals surface area contributed by atoms with Crippen molar-refractivity contribution in [3.8, 4) is 0 Å². The average Bonchev–Trinajstić information content (AvgIpc) is 1.35. The Bertz CT molecular complexity index is 68.0. The van der Waals surface area contributed by atoms with E-state index in [0.29, 0.717) is 0 Å². The van der Waals surface area contributed by atoms with Crippen LogP contribution in [-0.2, 0) is 7.62 Å². The Hall–Kier alpha value is 0.198. The van der Waals surface area contributed by atoms with E-state index in [1.165, 1.54) is 0 Å². The van der Waals surface area contributed by atoms with Crippen LogP contribution in [0.1, 0.15) is 0 Å². The van der Waals surface area contributed by atoms with Crippen molar-refractivity contribution in [3.05, 3.63) is 0 Å². The van der Waals surface area contributed by atoms with E-state index in [-0.39, 0.29) is 0 Å². The minimum atomic E-state index is -5.10. The van der Waals surface area contributed by atoms with E-state index >= 15 is 0 Å². The summed E-state index contributed by atoms with van der Waals surface area (Å²) in [7, 11) is 0. The Morgan fingerprint density at radius 1 is 1.50 bits per heavy atom. The van der Waals surface area contributed by atoms with Gasteiger partial charge in [0.05, 0.1) is 0 Å². The molecule has 0 rings (SSSR count). The third-order valence-electron chi connectivity index (χ3n) is 0.106. The third kappa shape index (κ3) is 4.20. The van der Waals surface area contributed by atoms with E-state index in [4.69, 9.17) is 13.4 Å². The molecule has 0 aromatic carbocycles. The summed E-state index contributed by atoms with van der Waals surface area (Å²) in [6.45, 7) is 0. The van der Waals surface area contributed by atoms with Crippen LogP contribution < -0.4 is 0 Å². The van der Waals surface area contributed by atoms with Crippen LogP contribution in [0.15, 0.2) is 0 Å². The van der Waals surface area contributed by atoms with Crippen LogP contribution >= 0.6 is 0 Å². The molecular weight excluding hydrogens is 155 g/mol. The molecule has 0 amide bonds. The van der Waals surface area contributed by atoms with Gasteiger partial charge in [-0.05, 0) is 0 Å². The van der Waals surface area contributed by atoms with Crippen molar-refractivity contribution in [3.63, 3.8) is 0 Å². The molecule has 0 fully saturated rings. The summed E-state index contributed by atoms with van der Waals surface area (Å²) in [5.41, 5.74) is 0. The van der Waals surface area contributed by atoms with Gasteiger partial charge in [0, 0.05) is 0 Å². The fourth-order valence-corrected chi connectivity index (χ4v) is 0. The van der Waals surface area contributed by atoms with E-state index < -0.39 is 14.5 Å². The van der Waals surface area contributed by atoms with Crippen LogP contribution in [0.5, 0.6) is 0 Å². The molecule has 0 spiro atoms. The van der Waals surface area contributed by atoms with Crippen molar-refractivity contribution in [2.24, 2.45) is 0 Å². The summed E-state index contributed by atoms with van der Waals surface area (Å²) >= 11 is -5.10. The van der Waals surface area contributed by atoms with E-state index in [9.17, 15) is 3.74 Å². The van der Waals surface area contributed by atoms with E-state index in [1.54, 1.807) is 0 Å². The molecule has 0 unspecified atom stereocenters. The molecule has 0 aliphatic rings. The summed E-state index contributed by atoms with van der Waals surface area (Å²) in [5, 5.41) is 7.17. The van der Waals surface area contributed by atoms with Crippen molar-refractivity contribution in [2.75, 3.05) is 0 Å². The van der Waals surface area contributed by atoms with Gasteiger partial charge in [0.15, 0.2) is 0 Å². The zero-order valence-electron chi connectivity index (χ0n) is 2.61. The Morgan fingerprint density at radius 3 is 1.67 bits per heavy atom. The summed E-state index contributed by atoms with van der Waals surface area (Å²) in [5.74, 6) is 0. The standard InChI is InChI=1S/AsH3O5/c2-1(3,4)6-5/h5H,(H2,2,3,4). The molecule has 0 heterocycles. The molecule has 38 valence electrons. The Balaban J connectivity index is 3.48. The van der Waals surface area contributed by atoms with Gasteiger partial charge < -0.3 is 0 Å². The Morgan fingerprint density at radius 2 is 1.67 bits per heavy atom. The second-order valence-electron chi connectivity index (χ2n) is 0.572. The van der Waals surface area contributed by atoms with Gasteiger partial charge in [-0.2, -0.15) is 0 Å². The van der Waals surface area contributed by atoms with Gasteiger partial charge in [-0.25, -0.2) is 0 Å². The first kappa shape index (κ1) is 6.20. The maximum atomic E-state index is 9.28. The van der Waals surface area contributed by atoms with Crippen molar-refractivity contribution >= 4 is 14.5 Å². The average molecular weight is 158 g/mol. The van der Waals surface area contributed by atoms with Crippen molar-refractivity contribution in [1.82, 2.24) is 0 Å². The van der Waals surface area contributed by atoms with Crippen LogP contribution in [0.25, 0.3) is 0 Å². The Labute approximate surface area is 36.5 Å². The van der Waals surface area contributed by atoms with Gasteiger partial charge in [0.25, 0.3) is 0 Å². The molecule has 3 N–H and O–H groups in total. The zero-order chi connectivity index (χ0) is 5.21. The molecule has 0 aliphatic heterocycles. The van der Waals surface area contributed by atoms with Crippen LogP contribution in [-0.4, -0.2) is 28.0 Å². The van der Waals surface area contributed by atoms with E-state index in [2.05, 4.69) is 3.88 Å². The molecule has 0 aromatic heterocycles. The first-order chi connectivity index (χ1) is 2.56. The molecular formula is H3AsO5. The number of rotatable bonds is 1. The van der Waals surface area contributed by atoms with Crippen LogP contribution in [0.2, 0.25) is 0 Å². The van der Waals surface area contributed by atoms with Gasteiger partial charge in [-0.15, -0.1) is 0 Å². The molecule has 5 nitrogen and oxygen atoms in total. The Kier molecular flexibility index (Phi) is 1.83. The summed E-state index contributed by atoms with van der Waals surface area (Å²) in [4.78, 5) is 0.